The fourth-order valence-corrected chi connectivity index (χ4v) is 5.82. The van der Waals surface area contributed by atoms with Gasteiger partial charge in [-0.15, -0.1) is 0 Å². The number of ether oxygens (including phenoxy) is 2. The highest BCUT2D eigenvalue weighted by Gasteiger charge is 2.39. The van der Waals surface area contributed by atoms with E-state index >= 15 is 0 Å². The Kier molecular flexibility index (Phi) is 5.75. The standard InChI is InChI=1S/C20H31BN2O4S/c1-28(24,25)22-17-6-4-12-23-14-26-19-7-3-2-5-16(19)15-8-10-20(21,11-9-15)27-13-18(17)23/h2-3,5,7,15,17-18,22H,4,6,8-14,21H2,1H3/t15-,17-,18-,20+/m0/s1. The summed E-state index contributed by atoms with van der Waals surface area (Å²) in [5.74, 6) is 1.48. The lowest BCUT2D eigenvalue weighted by atomic mass is 9.66. The fourth-order valence-electron chi connectivity index (χ4n) is 4.99. The van der Waals surface area contributed by atoms with Crippen molar-refractivity contribution in [2.75, 3.05) is 26.1 Å². The van der Waals surface area contributed by atoms with Gasteiger partial charge in [0.1, 0.15) is 20.3 Å². The smallest absolute Gasteiger partial charge is 0.209 e. The maximum Gasteiger partial charge on any atom is 0.209 e. The minimum Gasteiger partial charge on any atom is -0.478 e. The van der Waals surface area contributed by atoms with E-state index in [-0.39, 0.29) is 17.6 Å². The molecule has 0 radical (unpaired) electrons. The summed E-state index contributed by atoms with van der Waals surface area (Å²) >= 11 is 0. The van der Waals surface area contributed by atoms with Crippen LogP contribution in [0.15, 0.2) is 24.3 Å². The summed E-state index contributed by atoms with van der Waals surface area (Å²) in [4.78, 5) is 2.24. The maximum atomic E-state index is 11.9. The summed E-state index contributed by atoms with van der Waals surface area (Å²) in [7, 11) is -1.06. The topological polar surface area (TPSA) is 67.9 Å². The number of para-hydroxylation sites is 1. The molecule has 1 saturated carbocycles. The Morgan fingerprint density at radius 1 is 1.21 bits per heavy atom. The molecule has 4 aliphatic rings. The summed E-state index contributed by atoms with van der Waals surface area (Å²) in [6.07, 6.45) is 7.22. The van der Waals surface area contributed by atoms with Crippen molar-refractivity contribution in [3.63, 3.8) is 0 Å². The molecule has 5 rings (SSSR count). The van der Waals surface area contributed by atoms with Gasteiger partial charge in [0.15, 0.2) is 0 Å². The third-order valence-electron chi connectivity index (χ3n) is 6.65. The first-order chi connectivity index (χ1) is 13.3. The number of rotatable bonds is 2. The predicted octanol–water partition coefficient (Wildman–Crippen LogP) is 1.42. The van der Waals surface area contributed by atoms with Gasteiger partial charge in [-0.05, 0) is 56.1 Å². The van der Waals surface area contributed by atoms with E-state index in [1.165, 1.54) is 11.8 Å². The highest BCUT2D eigenvalue weighted by molar-refractivity contribution is 7.88. The molecule has 2 bridgehead atoms. The molecule has 1 aliphatic carbocycles. The van der Waals surface area contributed by atoms with E-state index in [1.807, 2.05) is 6.07 Å². The SMILES string of the molecule is B[C@]12CC[C@H](CC1)c1ccccc1OCN1CCC[C@H](NS(C)(=O)=O)[C@@H]1CO2. The lowest BCUT2D eigenvalue weighted by molar-refractivity contribution is -0.0666. The first-order valence-electron chi connectivity index (χ1n) is 10.4. The summed E-state index contributed by atoms with van der Waals surface area (Å²) in [5.41, 5.74) is 1.16. The second kappa shape index (κ2) is 7.97. The average Bonchev–Trinajstić information content (AvgIpc) is 2.64. The van der Waals surface area contributed by atoms with Crippen LogP contribution in [0.4, 0.5) is 0 Å². The Morgan fingerprint density at radius 2 is 1.96 bits per heavy atom. The molecule has 1 aromatic rings. The Balaban J connectivity index is 1.63. The third kappa shape index (κ3) is 4.56. The van der Waals surface area contributed by atoms with Gasteiger partial charge in [-0.2, -0.15) is 0 Å². The Bertz CT molecular complexity index is 795. The van der Waals surface area contributed by atoms with E-state index in [2.05, 4.69) is 35.7 Å². The minimum absolute atomic E-state index is 0.0235. The van der Waals surface area contributed by atoms with Crippen LogP contribution < -0.4 is 9.46 Å². The number of fused-ring (bicyclic) bond motifs is 4. The number of piperidine rings is 1. The zero-order valence-corrected chi connectivity index (χ0v) is 17.7. The highest BCUT2D eigenvalue weighted by atomic mass is 32.2. The molecule has 6 nitrogen and oxygen atoms in total. The molecule has 0 spiro atoms. The van der Waals surface area contributed by atoms with Crippen molar-refractivity contribution in [3.8, 4) is 5.75 Å². The molecular formula is C20H31BN2O4S. The van der Waals surface area contributed by atoms with Crippen LogP contribution in [0.2, 0.25) is 0 Å². The largest absolute Gasteiger partial charge is 0.478 e. The van der Waals surface area contributed by atoms with E-state index in [9.17, 15) is 8.42 Å². The Labute approximate surface area is 169 Å². The van der Waals surface area contributed by atoms with Crippen LogP contribution in [-0.4, -0.2) is 64.9 Å². The minimum atomic E-state index is -3.27. The number of sulfonamides is 1. The molecule has 1 N–H and O–H groups in total. The van der Waals surface area contributed by atoms with Gasteiger partial charge in [-0.25, -0.2) is 13.1 Å². The second-order valence-electron chi connectivity index (χ2n) is 8.86. The Morgan fingerprint density at radius 3 is 2.71 bits per heavy atom. The van der Waals surface area contributed by atoms with Crippen molar-refractivity contribution in [2.45, 2.75) is 62.0 Å². The molecule has 0 unspecified atom stereocenters. The normalized spacial score (nSPS) is 34.4. The van der Waals surface area contributed by atoms with Gasteiger partial charge < -0.3 is 9.47 Å². The van der Waals surface area contributed by atoms with Crippen molar-refractivity contribution in [3.05, 3.63) is 29.8 Å². The van der Waals surface area contributed by atoms with Gasteiger partial charge in [0.25, 0.3) is 0 Å². The molecule has 3 heterocycles. The van der Waals surface area contributed by atoms with Crippen LogP contribution in [0, 0.1) is 0 Å². The van der Waals surface area contributed by atoms with Crippen molar-refractivity contribution in [1.82, 2.24) is 9.62 Å². The fraction of sp³-hybridized carbons (Fsp3) is 0.700. The summed E-state index contributed by atoms with van der Waals surface area (Å²) in [5, 5.41) is 0. The van der Waals surface area contributed by atoms with Crippen molar-refractivity contribution < 1.29 is 17.9 Å². The molecule has 2 fully saturated rings. The number of benzene rings is 1. The van der Waals surface area contributed by atoms with Crippen LogP contribution in [0.25, 0.3) is 0 Å². The second-order valence-corrected chi connectivity index (χ2v) is 10.6. The number of nitrogens with zero attached hydrogens (tertiary/aromatic N) is 1. The van der Waals surface area contributed by atoms with Crippen LogP contribution in [0.1, 0.15) is 50.0 Å². The van der Waals surface area contributed by atoms with Crippen LogP contribution in [-0.2, 0) is 14.8 Å². The predicted molar refractivity (Wildman–Crippen MR) is 112 cm³/mol. The molecule has 2 atom stereocenters. The summed E-state index contributed by atoms with van der Waals surface area (Å²) in [6.45, 7) is 1.87. The molecular weight excluding hydrogens is 375 g/mol. The average molecular weight is 406 g/mol. The lowest BCUT2D eigenvalue weighted by Gasteiger charge is -2.45. The van der Waals surface area contributed by atoms with E-state index in [0.717, 1.165) is 50.8 Å². The van der Waals surface area contributed by atoms with Crippen molar-refractivity contribution in [1.29, 1.82) is 0 Å². The van der Waals surface area contributed by atoms with Crippen molar-refractivity contribution in [2.24, 2.45) is 0 Å². The van der Waals surface area contributed by atoms with Gasteiger partial charge in [0.2, 0.25) is 10.0 Å². The van der Waals surface area contributed by atoms with Gasteiger partial charge >= 0.3 is 0 Å². The monoisotopic (exact) mass is 406 g/mol. The van der Waals surface area contributed by atoms with E-state index < -0.39 is 10.0 Å². The van der Waals surface area contributed by atoms with Gasteiger partial charge in [-0.3, -0.25) is 4.90 Å². The van der Waals surface area contributed by atoms with Crippen LogP contribution in [0.5, 0.6) is 5.75 Å². The quantitative estimate of drug-likeness (QED) is 0.753. The highest BCUT2D eigenvalue weighted by Crippen LogP contribution is 2.42. The number of nitrogens with one attached hydrogen (secondary N) is 1. The summed E-state index contributed by atoms with van der Waals surface area (Å²) < 4.78 is 39.4. The van der Waals surface area contributed by atoms with Gasteiger partial charge in [-0.1, -0.05) is 18.2 Å². The molecule has 0 amide bonds. The maximum absolute atomic E-state index is 11.9. The molecule has 28 heavy (non-hydrogen) atoms. The van der Waals surface area contributed by atoms with E-state index in [4.69, 9.17) is 9.47 Å². The zero-order chi connectivity index (χ0) is 19.8. The first-order valence-corrected chi connectivity index (χ1v) is 12.3. The first kappa shape index (κ1) is 20.2. The Hall–Kier alpha value is -1.09. The molecule has 154 valence electrons. The van der Waals surface area contributed by atoms with Crippen LogP contribution in [0.3, 0.4) is 0 Å². The zero-order valence-electron chi connectivity index (χ0n) is 16.9. The van der Waals surface area contributed by atoms with Crippen LogP contribution >= 0.6 is 0 Å². The van der Waals surface area contributed by atoms with Crippen molar-refractivity contribution >= 4 is 17.9 Å². The van der Waals surface area contributed by atoms with Gasteiger partial charge in [0, 0.05) is 18.1 Å². The van der Waals surface area contributed by atoms with E-state index in [0.29, 0.717) is 19.3 Å². The third-order valence-corrected chi connectivity index (χ3v) is 7.38. The van der Waals surface area contributed by atoms with E-state index in [1.54, 1.807) is 0 Å². The van der Waals surface area contributed by atoms with Gasteiger partial charge in [0.05, 0.1) is 18.9 Å². The number of hydrogen-bond acceptors (Lipinski definition) is 5. The molecule has 1 aromatic carbocycles. The molecule has 3 aliphatic heterocycles. The molecule has 1 saturated heterocycles. The lowest BCUT2D eigenvalue weighted by Crippen LogP contribution is -2.59. The molecule has 0 aromatic heterocycles. The number of hydrogen-bond donors (Lipinski definition) is 1. The molecule has 8 heteroatoms. The summed E-state index contributed by atoms with van der Waals surface area (Å²) in [6, 6.07) is 8.21.